The summed E-state index contributed by atoms with van der Waals surface area (Å²) in [6, 6.07) is 12.8. The van der Waals surface area contributed by atoms with E-state index in [9.17, 15) is 5.26 Å². The van der Waals surface area contributed by atoms with Crippen molar-refractivity contribution < 1.29 is 4.74 Å². The smallest absolute Gasteiger partial charge is 0.168 e. The summed E-state index contributed by atoms with van der Waals surface area (Å²) in [6.07, 6.45) is 0. The Balaban J connectivity index is 2.44. The van der Waals surface area contributed by atoms with Crippen molar-refractivity contribution in [1.29, 1.82) is 5.26 Å². The van der Waals surface area contributed by atoms with Crippen molar-refractivity contribution in [2.45, 2.75) is 11.8 Å². The molecule has 20 heavy (non-hydrogen) atoms. The maximum Gasteiger partial charge on any atom is 0.168 e. The van der Waals surface area contributed by atoms with Crippen molar-refractivity contribution in [2.75, 3.05) is 11.5 Å². The van der Waals surface area contributed by atoms with E-state index in [2.05, 4.69) is 6.07 Å². The third-order valence-corrected chi connectivity index (χ3v) is 3.85. The first kappa shape index (κ1) is 14.6. The van der Waals surface area contributed by atoms with Gasteiger partial charge < -0.3 is 10.5 Å². The molecule has 0 aliphatic carbocycles. The molecule has 0 fully saturated rings. The molecule has 0 aliphatic heterocycles. The van der Waals surface area contributed by atoms with Gasteiger partial charge in [0, 0.05) is 4.90 Å². The molecule has 102 valence electrons. The zero-order valence-electron chi connectivity index (χ0n) is 10.9. The lowest BCUT2D eigenvalue weighted by atomic mass is 10.2. The van der Waals surface area contributed by atoms with E-state index in [0.29, 0.717) is 27.8 Å². The predicted molar refractivity (Wildman–Crippen MR) is 83.5 cm³/mol. The molecule has 0 saturated carbocycles. The molecule has 2 aromatic rings. The third-order valence-electron chi connectivity index (χ3n) is 2.61. The molecule has 3 nitrogen and oxygen atoms in total. The summed E-state index contributed by atoms with van der Waals surface area (Å²) in [7, 11) is 0. The van der Waals surface area contributed by atoms with Crippen molar-refractivity contribution in [3.05, 3.63) is 47.0 Å². The number of halogens is 1. The number of ether oxygens (including phenoxy) is 1. The van der Waals surface area contributed by atoms with E-state index in [0.717, 1.165) is 10.6 Å². The van der Waals surface area contributed by atoms with Crippen LogP contribution >= 0.6 is 23.4 Å². The van der Waals surface area contributed by atoms with Gasteiger partial charge in [-0.2, -0.15) is 5.26 Å². The minimum Gasteiger partial charge on any atom is -0.452 e. The maximum atomic E-state index is 9.33. The van der Waals surface area contributed by atoms with Gasteiger partial charge in [-0.1, -0.05) is 30.7 Å². The highest BCUT2D eigenvalue weighted by Crippen LogP contribution is 2.38. The van der Waals surface area contributed by atoms with Crippen molar-refractivity contribution >= 4 is 29.1 Å². The number of nitrogens with zero attached hydrogens (tertiary/aromatic N) is 1. The fourth-order valence-corrected chi connectivity index (χ4v) is 2.72. The fourth-order valence-electron chi connectivity index (χ4n) is 1.73. The zero-order chi connectivity index (χ0) is 14.5. The van der Waals surface area contributed by atoms with E-state index in [4.69, 9.17) is 22.1 Å². The van der Waals surface area contributed by atoms with E-state index < -0.39 is 0 Å². The van der Waals surface area contributed by atoms with Crippen LogP contribution in [0.4, 0.5) is 5.69 Å². The molecule has 0 spiro atoms. The number of thioether (sulfide) groups is 1. The molecule has 0 saturated heterocycles. The molecule has 0 amide bonds. The second-order valence-corrected chi connectivity index (χ2v) is 5.65. The largest absolute Gasteiger partial charge is 0.452 e. The van der Waals surface area contributed by atoms with Crippen LogP contribution in [0, 0.1) is 11.3 Å². The Bertz CT molecular complexity index is 647. The number of hydrogen-bond acceptors (Lipinski definition) is 4. The number of para-hydroxylation sites is 1. The van der Waals surface area contributed by atoms with Crippen LogP contribution in [0.2, 0.25) is 5.02 Å². The Labute approximate surface area is 127 Å². The van der Waals surface area contributed by atoms with Crippen LogP contribution in [0.1, 0.15) is 12.5 Å². The zero-order valence-corrected chi connectivity index (χ0v) is 12.5. The summed E-state index contributed by atoms with van der Waals surface area (Å²) in [4.78, 5) is 0.887. The molecule has 0 radical (unpaired) electrons. The van der Waals surface area contributed by atoms with E-state index in [1.165, 1.54) is 0 Å². The average molecular weight is 305 g/mol. The van der Waals surface area contributed by atoms with E-state index in [-0.39, 0.29) is 0 Å². The highest BCUT2D eigenvalue weighted by atomic mass is 35.5. The molecule has 2 rings (SSSR count). The maximum absolute atomic E-state index is 9.33. The average Bonchev–Trinajstić information content (AvgIpc) is 2.43. The SMILES string of the molecule is CCSc1cccc(Oc2c(N)cccc2Cl)c1C#N. The number of hydrogen-bond donors (Lipinski definition) is 1. The second-order valence-electron chi connectivity index (χ2n) is 3.93. The number of nitriles is 1. The van der Waals surface area contributed by atoms with Gasteiger partial charge >= 0.3 is 0 Å². The van der Waals surface area contributed by atoms with Crippen LogP contribution in [-0.2, 0) is 0 Å². The standard InChI is InChI=1S/C15H13ClN2OS/c1-2-20-14-8-4-7-13(10(14)9-17)19-15-11(16)5-3-6-12(15)18/h3-8H,2,18H2,1H3. The lowest BCUT2D eigenvalue weighted by Gasteiger charge is -2.12. The Morgan fingerprint density at radius 1 is 1.30 bits per heavy atom. The van der Waals surface area contributed by atoms with Gasteiger partial charge in [-0.15, -0.1) is 11.8 Å². The first-order valence-electron chi connectivity index (χ1n) is 6.05. The topological polar surface area (TPSA) is 59.0 Å². The molecular formula is C15H13ClN2OS. The minimum atomic E-state index is 0.379. The summed E-state index contributed by atoms with van der Waals surface area (Å²) in [5, 5.41) is 9.75. The lowest BCUT2D eigenvalue weighted by Crippen LogP contribution is -1.95. The normalized spacial score (nSPS) is 10.1. The second kappa shape index (κ2) is 6.56. The molecule has 2 aromatic carbocycles. The third kappa shape index (κ3) is 3.01. The number of rotatable bonds is 4. The minimum absolute atomic E-state index is 0.379. The highest BCUT2D eigenvalue weighted by Gasteiger charge is 2.13. The molecule has 2 N–H and O–H groups in total. The molecule has 0 atom stereocenters. The van der Waals surface area contributed by atoms with Crippen LogP contribution in [0.5, 0.6) is 11.5 Å². The van der Waals surface area contributed by atoms with Crippen molar-refractivity contribution in [1.82, 2.24) is 0 Å². The number of nitrogens with two attached hydrogens (primary N) is 1. The summed E-state index contributed by atoms with van der Waals surface area (Å²) >= 11 is 7.68. The van der Waals surface area contributed by atoms with E-state index in [1.54, 1.807) is 36.0 Å². The molecule has 5 heteroatoms. The summed E-state index contributed by atoms with van der Waals surface area (Å²) in [6.45, 7) is 2.03. The van der Waals surface area contributed by atoms with Gasteiger partial charge in [0.15, 0.2) is 5.75 Å². The summed E-state index contributed by atoms with van der Waals surface area (Å²) in [5.41, 5.74) is 6.80. The number of anilines is 1. The van der Waals surface area contributed by atoms with Crippen LogP contribution in [0.15, 0.2) is 41.3 Å². The van der Waals surface area contributed by atoms with Crippen LogP contribution in [0.3, 0.4) is 0 Å². The van der Waals surface area contributed by atoms with Crippen molar-refractivity contribution in [3.63, 3.8) is 0 Å². The van der Waals surface area contributed by atoms with E-state index in [1.807, 2.05) is 19.1 Å². The van der Waals surface area contributed by atoms with Crippen molar-refractivity contribution in [2.24, 2.45) is 0 Å². The molecule has 0 aliphatic rings. The number of nitrogen functional groups attached to an aromatic ring is 1. The van der Waals surface area contributed by atoms with Crippen LogP contribution in [0.25, 0.3) is 0 Å². The first-order valence-corrected chi connectivity index (χ1v) is 7.41. The Hall–Kier alpha value is -1.83. The Kier molecular flexibility index (Phi) is 4.78. The van der Waals surface area contributed by atoms with Gasteiger partial charge in [-0.25, -0.2) is 0 Å². The van der Waals surface area contributed by atoms with Gasteiger partial charge in [0.25, 0.3) is 0 Å². The summed E-state index contributed by atoms with van der Waals surface area (Å²) < 4.78 is 5.76. The first-order chi connectivity index (χ1) is 9.67. The molecular weight excluding hydrogens is 292 g/mol. The van der Waals surface area contributed by atoms with Crippen molar-refractivity contribution in [3.8, 4) is 17.6 Å². The van der Waals surface area contributed by atoms with Gasteiger partial charge in [0.2, 0.25) is 0 Å². The predicted octanol–water partition coefficient (Wildman–Crippen LogP) is 4.70. The number of benzene rings is 2. The van der Waals surface area contributed by atoms with Gasteiger partial charge in [-0.05, 0) is 30.0 Å². The Morgan fingerprint density at radius 3 is 2.70 bits per heavy atom. The van der Waals surface area contributed by atoms with Gasteiger partial charge in [0.1, 0.15) is 17.4 Å². The monoisotopic (exact) mass is 304 g/mol. The fraction of sp³-hybridized carbons (Fsp3) is 0.133. The van der Waals surface area contributed by atoms with Gasteiger partial charge in [-0.3, -0.25) is 0 Å². The lowest BCUT2D eigenvalue weighted by molar-refractivity contribution is 0.482. The van der Waals surface area contributed by atoms with Crippen LogP contribution in [-0.4, -0.2) is 5.75 Å². The molecule has 0 bridgehead atoms. The Morgan fingerprint density at radius 2 is 2.05 bits per heavy atom. The molecule has 0 aromatic heterocycles. The quantitative estimate of drug-likeness (QED) is 0.657. The van der Waals surface area contributed by atoms with Gasteiger partial charge in [0.05, 0.1) is 10.7 Å². The van der Waals surface area contributed by atoms with Crippen LogP contribution < -0.4 is 10.5 Å². The molecule has 0 unspecified atom stereocenters. The molecule has 0 heterocycles. The van der Waals surface area contributed by atoms with E-state index >= 15 is 0 Å². The summed E-state index contributed by atoms with van der Waals surface area (Å²) in [5.74, 6) is 1.72. The highest BCUT2D eigenvalue weighted by molar-refractivity contribution is 7.99.